The number of likely N-dealkylation sites (tertiary alicyclic amines) is 1. The molecular weight excluding hydrogens is 348 g/mol. The molecule has 1 saturated heterocycles. The second-order valence-electron chi connectivity index (χ2n) is 6.04. The van der Waals surface area contributed by atoms with Crippen molar-refractivity contribution >= 4 is 40.3 Å². The Hall–Kier alpha value is -1.44. The molecule has 1 fully saturated rings. The quantitative estimate of drug-likeness (QED) is 0.343. The monoisotopic (exact) mass is 370 g/mol. The number of nitro benzene ring substituents is 1. The van der Waals surface area contributed by atoms with Crippen molar-refractivity contribution in [2.45, 2.75) is 38.6 Å². The van der Waals surface area contributed by atoms with E-state index in [0.717, 1.165) is 19.5 Å². The Morgan fingerprint density at radius 2 is 2.29 bits per heavy atom. The highest BCUT2D eigenvalue weighted by Crippen LogP contribution is 2.26. The minimum atomic E-state index is -0.461. The van der Waals surface area contributed by atoms with Crippen molar-refractivity contribution in [3.63, 3.8) is 0 Å². The standard InChI is InChI=1S/C16H23ClN4O2S/c1-12-5-2-3-9-20(12)10-4-8-18-16(24)19-15-11-13(21(22)23)6-7-14(15)17/h6-7,11-12H,2-5,8-10H2,1H3,(H2,18,19,24)/t12-/m0/s1. The van der Waals surface area contributed by atoms with Gasteiger partial charge in [0.25, 0.3) is 5.69 Å². The van der Waals surface area contributed by atoms with Crippen LogP contribution in [0.4, 0.5) is 11.4 Å². The van der Waals surface area contributed by atoms with Gasteiger partial charge in [0.05, 0.1) is 15.6 Å². The van der Waals surface area contributed by atoms with Crippen LogP contribution in [-0.4, -0.2) is 40.6 Å². The second-order valence-corrected chi connectivity index (χ2v) is 6.85. The molecule has 0 saturated carbocycles. The Bertz CT molecular complexity index is 599. The molecule has 132 valence electrons. The summed E-state index contributed by atoms with van der Waals surface area (Å²) in [5.41, 5.74) is 0.414. The van der Waals surface area contributed by atoms with E-state index >= 15 is 0 Å². The van der Waals surface area contributed by atoms with Gasteiger partial charge in [0.2, 0.25) is 0 Å². The molecule has 2 N–H and O–H groups in total. The Labute approximate surface area is 152 Å². The molecule has 24 heavy (non-hydrogen) atoms. The molecular formula is C16H23ClN4O2S. The van der Waals surface area contributed by atoms with Crippen LogP contribution < -0.4 is 10.6 Å². The minimum absolute atomic E-state index is 0.0243. The molecule has 1 atom stereocenters. The van der Waals surface area contributed by atoms with Gasteiger partial charge in [-0.3, -0.25) is 10.1 Å². The van der Waals surface area contributed by atoms with Gasteiger partial charge in [-0.2, -0.15) is 0 Å². The summed E-state index contributed by atoms with van der Waals surface area (Å²) in [6.45, 7) is 5.26. The summed E-state index contributed by atoms with van der Waals surface area (Å²) in [5, 5.41) is 17.7. The average molecular weight is 371 g/mol. The third kappa shape index (κ3) is 5.58. The number of nitro groups is 1. The lowest BCUT2D eigenvalue weighted by molar-refractivity contribution is -0.384. The first-order chi connectivity index (χ1) is 11.5. The number of non-ortho nitro benzene ring substituents is 1. The lowest BCUT2D eigenvalue weighted by atomic mass is 10.0. The Morgan fingerprint density at radius 3 is 3.00 bits per heavy atom. The average Bonchev–Trinajstić information content (AvgIpc) is 2.55. The SMILES string of the molecule is C[C@H]1CCCCN1CCCNC(=S)Nc1cc([N+](=O)[O-])ccc1Cl. The van der Waals surface area contributed by atoms with Crippen LogP contribution in [0.25, 0.3) is 0 Å². The number of thiocarbonyl (C=S) groups is 1. The van der Waals surface area contributed by atoms with Crippen LogP contribution >= 0.6 is 23.8 Å². The Morgan fingerprint density at radius 1 is 1.50 bits per heavy atom. The predicted molar refractivity (Wildman–Crippen MR) is 102 cm³/mol. The molecule has 1 aromatic carbocycles. The highest BCUT2D eigenvalue weighted by molar-refractivity contribution is 7.80. The molecule has 1 aliphatic rings. The molecule has 1 aliphatic heterocycles. The van der Waals surface area contributed by atoms with Crippen LogP contribution in [0.5, 0.6) is 0 Å². The van der Waals surface area contributed by atoms with Crippen LogP contribution in [0, 0.1) is 10.1 Å². The first-order valence-electron chi connectivity index (χ1n) is 8.20. The van der Waals surface area contributed by atoms with Gasteiger partial charge in [-0.25, -0.2) is 0 Å². The van der Waals surface area contributed by atoms with Crippen molar-refractivity contribution in [2.75, 3.05) is 25.0 Å². The summed E-state index contributed by atoms with van der Waals surface area (Å²) in [7, 11) is 0. The fraction of sp³-hybridized carbons (Fsp3) is 0.562. The number of halogens is 1. The van der Waals surface area contributed by atoms with E-state index in [2.05, 4.69) is 22.5 Å². The largest absolute Gasteiger partial charge is 0.362 e. The number of nitrogens with zero attached hydrogens (tertiary/aromatic N) is 2. The number of nitrogens with one attached hydrogen (secondary N) is 2. The summed E-state index contributed by atoms with van der Waals surface area (Å²) >= 11 is 11.3. The Balaban J connectivity index is 1.75. The van der Waals surface area contributed by atoms with Gasteiger partial charge in [-0.15, -0.1) is 0 Å². The van der Waals surface area contributed by atoms with Crippen molar-refractivity contribution in [3.8, 4) is 0 Å². The first kappa shape index (κ1) is 18.9. The van der Waals surface area contributed by atoms with Crippen molar-refractivity contribution in [2.24, 2.45) is 0 Å². The number of piperidine rings is 1. The molecule has 8 heteroatoms. The summed E-state index contributed by atoms with van der Waals surface area (Å²) in [6.07, 6.45) is 4.88. The highest BCUT2D eigenvalue weighted by Gasteiger charge is 2.17. The highest BCUT2D eigenvalue weighted by atomic mass is 35.5. The summed E-state index contributed by atoms with van der Waals surface area (Å²) in [6, 6.07) is 4.89. The first-order valence-corrected chi connectivity index (χ1v) is 8.99. The van der Waals surface area contributed by atoms with Crippen molar-refractivity contribution in [1.82, 2.24) is 10.2 Å². The van der Waals surface area contributed by atoms with Gasteiger partial charge in [0.15, 0.2) is 5.11 Å². The maximum Gasteiger partial charge on any atom is 0.271 e. The smallest absolute Gasteiger partial charge is 0.271 e. The maximum atomic E-state index is 10.8. The third-order valence-corrected chi connectivity index (χ3v) is 4.83. The zero-order chi connectivity index (χ0) is 17.5. The van der Waals surface area contributed by atoms with Gasteiger partial charge >= 0.3 is 0 Å². The van der Waals surface area contributed by atoms with Crippen LogP contribution in [-0.2, 0) is 0 Å². The zero-order valence-electron chi connectivity index (χ0n) is 13.8. The van der Waals surface area contributed by atoms with Gasteiger partial charge in [-0.1, -0.05) is 18.0 Å². The number of rotatable bonds is 6. The molecule has 0 spiro atoms. The van der Waals surface area contributed by atoms with E-state index in [4.69, 9.17) is 23.8 Å². The predicted octanol–water partition coefficient (Wildman–Crippen LogP) is 3.80. The van der Waals surface area contributed by atoms with Crippen molar-refractivity contribution in [1.29, 1.82) is 0 Å². The summed E-state index contributed by atoms with van der Waals surface area (Å²) in [4.78, 5) is 12.9. The lowest BCUT2D eigenvalue weighted by Gasteiger charge is -2.33. The molecule has 0 unspecified atom stereocenters. The molecule has 0 bridgehead atoms. The second kappa shape index (κ2) is 9.15. The number of hydrogen-bond acceptors (Lipinski definition) is 4. The van der Waals surface area contributed by atoms with Crippen LogP contribution in [0.15, 0.2) is 18.2 Å². The molecule has 0 aromatic heterocycles. The van der Waals surface area contributed by atoms with Crippen LogP contribution in [0.3, 0.4) is 0 Å². The van der Waals surface area contributed by atoms with E-state index in [1.807, 2.05) is 0 Å². The van der Waals surface area contributed by atoms with Gasteiger partial charge < -0.3 is 15.5 Å². The molecule has 0 amide bonds. The van der Waals surface area contributed by atoms with E-state index < -0.39 is 4.92 Å². The van der Waals surface area contributed by atoms with E-state index in [-0.39, 0.29) is 5.69 Å². The molecule has 0 radical (unpaired) electrons. The van der Waals surface area contributed by atoms with Crippen molar-refractivity contribution < 1.29 is 4.92 Å². The number of benzene rings is 1. The van der Waals surface area contributed by atoms with Gasteiger partial charge in [-0.05, 0) is 51.0 Å². The van der Waals surface area contributed by atoms with Crippen LogP contribution in [0.1, 0.15) is 32.6 Å². The molecule has 0 aliphatic carbocycles. The summed E-state index contributed by atoms with van der Waals surface area (Å²) in [5.74, 6) is 0. The zero-order valence-corrected chi connectivity index (χ0v) is 15.3. The van der Waals surface area contributed by atoms with E-state index in [1.54, 1.807) is 0 Å². The molecule has 6 nitrogen and oxygen atoms in total. The number of hydrogen-bond donors (Lipinski definition) is 2. The third-order valence-electron chi connectivity index (χ3n) is 4.26. The molecule has 1 aromatic rings. The van der Waals surface area contributed by atoms with E-state index in [0.29, 0.717) is 21.9 Å². The maximum absolute atomic E-state index is 10.8. The van der Waals surface area contributed by atoms with E-state index in [9.17, 15) is 10.1 Å². The fourth-order valence-corrected chi connectivity index (χ4v) is 3.24. The van der Waals surface area contributed by atoms with Gasteiger partial charge in [0, 0.05) is 31.3 Å². The Kier molecular flexibility index (Phi) is 7.20. The normalized spacial score (nSPS) is 18.2. The minimum Gasteiger partial charge on any atom is -0.362 e. The van der Waals surface area contributed by atoms with E-state index in [1.165, 1.54) is 44.0 Å². The topological polar surface area (TPSA) is 70.4 Å². The van der Waals surface area contributed by atoms with Crippen molar-refractivity contribution in [3.05, 3.63) is 33.3 Å². The molecule has 2 rings (SSSR count). The number of anilines is 1. The fourth-order valence-electron chi connectivity index (χ4n) is 2.86. The van der Waals surface area contributed by atoms with Gasteiger partial charge in [0.1, 0.15) is 0 Å². The van der Waals surface area contributed by atoms with Crippen LogP contribution in [0.2, 0.25) is 5.02 Å². The summed E-state index contributed by atoms with van der Waals surface area (Å²) < 4.78 is 0. The molecule has 1 heterocycles. The lowest BCUT2D eigenvalue weighted by Crippen LogP contribution is -2.39.